The molecule has 0 unspecified atom stereocenters. The number of hydrogen-bond donors (Lipinski definition) is 1. The number of nitrogens with zero attached hydrogens (tertiary/aromatic N) is 2. The molecule has 0 bridgehead atoms. The Morgan fingerprint density at radius 1 is 0.960 bits per heavy atom. The molecular formula is C19H23Cl2N3S. The van der Waals surface area contributed by atoms with Gasteiger partial charge >= 0.3 is 0 Å². The minimum Gasteiger partial charge on any atom is -0.383 e. The molecule has 0 atom stereocenters. The van der Waals surface area contributed by atoms with Crippen LogP contribution in [0.2, 0.25) is 10.0 Å². The Hall–Kier alpha value is -0.910. The fourth-order valence-electron chi connectivity index (χ4n) is 2.78. The van der Waals surface area contributed by atoms with Crippen molar-refractivity contribution in [3.63, 3.8) is 0 Å². The topological polar surface area (TPSA) is 18.5 Å². The average Bonchev–Trinajstić information content (AvgIpc) is 2.61. The number of halogens is 2. The maximum atomic E-state index is 6.20. The molecule has 0 aromatic heterocycles. The van der Waals surface area contributed by atoms with Gasteiger partial charge in [-0.05, 0) is 49.5 Å². The van der Waals surface area contributed by atoms with Gasteiger partial charge in [0.1, 0.15) is 0 Å². The van der Waals surface area contributed by atoms with Gasteiger partial charge in [0, 0.05) is 64.8 Å². The van der Waals surface area contributed by atoms with E-state index in [1.807, 2.05) is 36.4 Å². The van der Waals surface area contributed by atoms with E-state index in [0.717, 1.165) is 59.9 Å². The van der Waals surface area contributed by atoms with Gasteiger partial charge in [-0.3, -0.25) is 4.90 Å². The predicted octanol–water partition coefficient (Wildman–Crippen LogP) is 4.80. The molecule has 2 aromatic rings. The fraction of sp³-hybridized carbons (Fsp3) is 0.368. The summed E-state index contributed by atoms with van der Waals surface area (Å²) < 4.78 is 0. The number of hydrogen-bond acceptors (Lipinski definition) is 4. The van der Waals surface area contributed by atoms with Gasteiger partial charge in [0.25, 0.3) is 0 Å². The van der Waals surface area contributed by atoms with Crippen LogP contribution in [0.5, 0.6) is 0 Å². The molecule has 1 N–H and O–H groups in total. The number of benzene rings is 2. The van der Waals surface area contributed by atoms with E-state index in [1.54, 1.807) is 11.8 Å². The first-order valence-electron chi connectivity index (χ1n) is 8.48. The number of nitrogens with one attached hydrogen (secondary N) is 1. The summed E-state index contributed by atoms with van der Waals surface area (Å²) in [5.41, 5.74) is 1.08. The van der Waals surface area contributed by atoms with Crippen molar-refractivity contribution in [2.45, 2.75) is 9.79 Å². The molecule has 3 nitrogen and oxygen atoms in total. The summed E-state index contributed by atoms with van der Waals surface area (Å²) >= 11 is 13.9. The van der Waals surface area contributed by atoms with Crippen LogP contribution in [0.4, 0.5) is 5.69 Å². The van der Waals surface area contributed by atoms with Crippen molar-refractivity contribution < 1.29 is 0 Å². The van der Waals surface area contributed by atoms with Crippen molar-refractivity contribution >= 4 is 40.7 Å². The lowest BCUT2D eigenvalue weighted by Gasteiger charge is -2.32. The summed E-state index contributed by atoms with van der Waals surface area (Å²) in [7, 11) is 2.18. The lowest BCUT2D eigenvalue weighted by Crippen LogP contribution is -2.45. The molecule has 134 valence electrons. The van der Waals surface area contributed by atoms with Gasteiger partial charge < -0.3 is 10.2 Å². The third kappa shape index (κ3) is 5.80. The fourth-order valence-corrected chi connectivity index (χ4v) is 3.98. The van der Waals surface area contributed by atoms with Gasteiger partial charge in [0.05, 0.1) is 0 Å². The summed E-state index contributed by atoms with van der Waals surface area (Å²) in [5.74, 6) is 0. The second-order valence-electron chi connectivity index (χ2n) is 6.27. The molecule has 1 fully saturated rings. The minimum atomic E-state index is 0.752. The maximum absolute atomic E-state index is 6.20. The molecule has 3 rings (SSSR count). The highest BCUT2D eigenvalue weighted by molar-refractivity contribution is 7.99. The number of rotatable bonds is 6. The molecule has 2 aromatic carbocycles. The zero-order valence-corrected chi connectivity index (χ0v) is 16.7. The third-order valence-corrected chi connectivity index (χ3v) is 5.89. The van der Waals surface area contributed by atoms with Crippen LogP contribution in [0, 0.1) is 0 Å². The summed E-state index contributed by atoms with van der Waals surface area (Å²) in [6.45, 7) is 6.54. The Morgan fingerprint density at radius 3 is 2.36 bits per heavy atom. The Bertz CT molecular complexity index is 686. The van der Waals surface area contributed by atoms with Gasteiger partial charge in [-0.2, -0.15) is 0 Å². The smallest absolute Gasteiger partial charge is 0.0497 e. The Balaban J connectivity index is 1.60. The largest absolute Gasteiger partial charge is 0.383 e. The van der Waals surface area contributed by atoms with Gasteiger partial charge in [-0.15, -0.1) is 0 Å². The zero-order chi connectivity index (χ0) is 17.6. The summed E-state index contributed by atoms with van der Waals surface area (Å²) in [6.07, 6.45) is 0. The molecule has 25 heavy (non-hydrogen) atoms. The van der Waals surface area contributed by atoms with E-state index in [9.17, 15) is 0 Å². The van der Waals surface area contributed by atoms with Crippen molar-refractivity contribution in [1.82, 2.24) is 9.80 Å². The van der Waals surface area contributed by atoms with Gasteiger partial charge in [0.2, 0.25) is 0 Å². The van der Waals surface area contributed by atoms with E-state index in [2.05, 4.69) is 28.2 Å². The van der Waals surface area contributed by atoms with Crippen LogP contribution in [0.1, 0.15) is 0 Å². The van der Waals surface area contributed by atoms with Crippen LogP contribution in [-0.2, 0) is 0 Å². The molecule has 0 spiro atoms. The summed E-state index contributed by atoms with van der Waals surface area (Å²) in [4.78, 5) is 7.21. The van der Waals surface area contributed by atoms with Gasteiger partial charge in [0.15, 0.2) is 0 Å². The molecule has 1 aliphatic heterocycles. The average molecular weight is 396 g/mol. The molecule has 0 saturated carbocycles. The van der Waals surface area contributed by atoms with E-state index < -0.39 is 0 Å². The van der Waals surface area contributed by atoms with Crippen LogP contribution in [0.15, 0.2) is 52.3 Å². The second-order valence-corrected chi connectivity index (χ2v) is 8.26. The summed E-state index contributed by atoms with van der Waals surface area (Å²) in [6, 6.07) is 13.9. The normalized spacial score (nSPS) is 16.1. The van der Waals surface area contributed by atoms with Crippen molar-refractivity contribution in [3.8, 4) is 0 Å². The first kappa shape index (κ1) is 18.9. The Labute approximate surface area is 164 Å². The molecule has 0 radical (unpaired) electrons. The molecule has 1 saturated heterocycles. The minimum absolute atomic E-state index is 0.752. The van der Waals surface area contributed by atoms with E-state index in [-0.39, 0.29) is 0 Å². The first-order chi connectivity index (χ1) is 12.1. The first-order valence-corrected chi connectivity index (χ1v) is 10.0. The molecule has 1 heterocycles. The second kappa shape index (κ2) is 9.15. The van der Waals surface area contributed by atoms with Crippen LogP contribution in [0.25, 0.3) is 0 Å². The third-order valence-electron chi connectivity index (χ3n) is 4.32. The Kier molecular flexibility index (Phi) is 6.91. The van der Waals surface area contributed by atoms with Crippen LogP contribution in [-0.4, -0.2) is 56.1 Å². The standard InChI is InChI=1S/C19H23Cl2N3S/c1-23-10-12-24(13-11-23)9-8-22-18-14-16(21)4-7-19(18)25-17-5-2-15(20)3-6-17/h2-7,14,22H,8-13H2,1H3. The van der Waals surface area contributed by atoms with Crippen molar-refractivity contribution in [2.24, 2.45) is 0 Å². The lowest BCUT2D eigenvalue weighted by molar-refractivity contribution is 0.158. The van der Waals surface area contributed by atoms with E-state index in [1.165, 1.54) is 4.90 Å². The van der Waals surface area contributed by atoms with Gasteiger partial charge in [-0.1, -0.05) is 35.0 Å². The lowest BCUT2D eigenvalue weighted by atomic mass is 10.3. The summed E-state index contributed by atoms with van der Waals surface area (Å²) in [5, 5.41) is 5.07. The molecule has 0 amide bonds. The van der Waals surface area contributed by atoms with Crippen LogP contribution in [0.3, 0.4) is 0 Å². The van der Waals surface area contributed by atoms with Gasteiger partial charge in [-0.25, -0.2) is 0 Å². The Morgan fingerprint density at radius 2 is 1.64 bits per heavy atom. The van der Waals surface area contributed by atoms with Crippen LogP contribution < -0.4 is 5.32 Å². The molecule has 6 heteroatoms. The van der Waals surface area contributed by atoms with E-state index in [4.69, 9.17) is 23.2 Å². The highest BCUT2D eigenvalue weighted by Gasteiger charge is 2.13. The van der Waals surface area contributed by atoms with E-state index >= 15 is 0 Å². The van der Waals surface area contributed by atoms with Crippen molar-refractivity contribution in [2.75, 3.05) is 51.6 Å². The molecular weight excluding hydrogens is 373 g/mol. The molecule has 1 aliphatic rings. The maximum Gasteiger partial charge on any atom is 0.0497 e. The molecule has 0 aliphatic carbocycles. The highest BCUT2D eigenvalue weighted by atomic mass is 35.5. The number of likely N-dealkylation sites (N-methyl/N-ethyl adjacent to an activating group) is 1. The van der Waals surface area contributed by atoms with Crippen molar-refractivity contribution in [3.05, 3.63) is 52.5 Å². The van der Waals surface area contributed by atoms with Crippen LogP contribution >= 0.6 is 35.0 Å². The zero-order valence-electron chi connectivity index (χ0n) is 14.3. The SMILES string of the molecule is CN1CCN(CCNc2cc(Cl)ccc2Sc2ccc(Cl)cc2)CC1. The number of piperazine rings is 1. The quantitative estimate of drug-likeness (QED) is 0.756. The highest BCUT2D eigenvalue weighted by Crippen LogP contribution is 2.35. The monoisotopic (exact) mass is 395 g/mol. The van der Waals surface area contributed by atoms with E-state index in [0.29, 0.717) is 0 Å². The number of anilines is 1. The predicted molar refractivity (Wildman–Crippen MR) is 109 cm³/mol. The van der Waals surface area contributed by atoms with Crippen molar-refractivity contribution in [1.29, 1.82) is 0 Å².